The van der Waals surface area contributed by atoms with Crippen LogP contribution >= 0.6 is 34.8 Å². The highest BCUT2D eigenvalue weighted by Crippen LogP contribution is 2.33. The minimum atomic E-state index is 0.247. The summed E-state index contributed by atoms with van der Waals surface area (Å²) in [6.07, 6.45) is 3.43. The lowest BCUT2D eigenvalue weighted by molar-refractivity contribution is 1.24. The molecule has 0 fully saturated rings. The molecule has 0 spiro atoms. The maximum Gasteiger partial charge on any atom is 0.148 e. The summed E-state index contributed by atoms with van der Waals surface area (Å²) in [5, 5.41) is 1.07. The molecule has 16 heavy (non-hydrogen) atoms. The first-order valence-electron chi connectivity index (χ1n) is 4.52. The van der Waals surface area contributed by atoms with Gasteiger partial charge in [0.25, 0.3) is 0 Å². The SMILES string of the molecule is Cc1cnccc1-c1nc(Cl)c(Cl)cc1Cl. The molecule has 0 aliphatic carbocycles. The quantitative estimate of drug-likeness (QED) is 0.719. The second kappa shape index (κ2) is 4.58. The van der Waals surface area contributed by atoms with E-state index in [0.717, 1.165) is 11.1 Å². The molecule has 0 aromatic carbocycles. The van der Waals surface area contributed by atoms with E-state index in [9.17, 15) is 0 Å². The van der Waals surface area contributed by atoms with Gasteiger partial charge in [-0.2, -0.15) is 0 Å². The van der Waals surface area contributed by atoms with Crippen molar-refractivity contribution in [2.75, 3.05) is 0 Å². The molecule has 2 aromatic rings. The number of aryl methyl sites for hydroxylation is 1. The van der Waals surface area contributed by atoms with Gasteiger partial charge in [0.05, 0.1) is 15.7 Å². The Morgan fingerprint density at radius 3 is 2.56 bits per heavy atom. The zero-order valence-corrected chi connectivity index (χ0v) is 10.6. The van der Waals surface area contributed by atoms with Gasteiger partial charge in [-0.3, -0.25) is 4.98 Å². The van der Waals surface area contributed by atoms with Crippen LogP contribution in [0.15, 0.2) is 24.5 Å². The molecule has 82 valence electrons. The highest BCUT2D eigenvalue weighted by molar-refractivity contribution is 6.43. The topological polar surface area (TPSA) is 25.8 Å². The molecular formula is C11H7Cl3N2. The first kappa shape index (κ1) is 11.6. The van der Waals surface area contributed by atoms with Crippen molar-refractivity contribution in [1.82, 2.24) is 9.97 Å². The van der Waals surface area contributed by atoms with Crippen molar-refractivity contribution < 1.29 is 0 Å². The molecule has 0 atom stereocenters. The predicted molar refractivity (Wildman–Crippen MR) is 67.2 cm³/mol. The van der Waals surface area contributed by atoms with Crippen LogP contribution in [0.25, 0.3) is 11.3 Å². The first-order valence-corrected chi connectivity index (χ1v) is 5.65. The van der Waals surface area contributed by atoms with Crippen LogP contribution < -0.4 is 0 Å². The molecule has 2 aromatic heterocycles. The van der Waals surface area contributed by atoms with Crippen molar-refractivity contribution in [1.29, 1.82) is 0 Å². The molecular weight excluding hydrogens is 266 g/mol. The van der Waals surface area contributed by atoms with Gasteiger partial charge in [-0.05, 0) is 24.6 Å². The Morgan fingerprint density at radius 1 is 1.12 bits per heavy atom. The molecule has 0 N–H and O–H groups in total. The van der Waals surface area contributed by atoms with Crippen LogP contribution in [-0.2, 0) is 0 Å². The van der Waals surface area contributed by atoms with E-state index in [1.165, 1.54) is 0 Å². The van der Waals surface area contributed by atoms with Crippen molar-refractivity contribution in [2.24, 2.45) is 0 Å². The minimum Gasteiger partial charge on any atom is -0.264 e. The van der Waals surface area contributed by atoms with Gasteiger partial charge in [0.15, 0.2) is 0 Å². The van der Waals surface area contributed by atoms with Crippen molar-refractivity contribution in [3.8, 4) is 11.3 Å². The fourth-order valence-corrected chi connectivity index (χ4v) is 1.97. The second-order valence-corrected chi connectivity index (χ2v) is 4.45. The Labute approximate surface area is 108 Å². The number of rotatable bonds is 1. The first-order chi connectivity index (χ1) is 7.59. The molecule has 2 nitrogen and oxygen atoms in total. The Bertz CT molecular complexity index is 541. The van der Waals surface area contributed by atoms with E-state index in [4.69, 9.17) is 34.8 Å². The molecule has 0 unspecified atom stereocenters. The standard InChI is InChI=1S/C11H7Cl3N2/c1-6-5-15-3-2-7(6)10-8(12)4-9(13)11(14)16-10/h2-5H,1H3. The van der Waals surface area contributed by atoms with Gasteiger partial charge >= 0.3 is 0 Å². The highest BCUT2D eigenvalue weighted by Gasteiger charge is 2.11. The summed E-state index contributed by atoms with van der Waals surface area (Å²) in [5.41, 5.74) is 2.50. The van der Waals surface area contributed by atoms with Gasteiger partial charge in [0, 0.05) is 18.0 Å². The number of nitrogens with zero attached hydrogens (tertiary/aromatic N) is 2. The fourth-order valence-electron chi connectivity index (χ4n) is 1.37. The molecule has 2 rings (SSSR count). The molecule has 2 heterocycles. The average molecular weight is 274 g/mol. The molecule has 0 aliphatic rings. The Kier molecular flexibility index (Phi) is 3.33. The fraction of sp³-hybridized carbons (Fsp3) is 0.0909. The van der Waals surface area contributed by atoms with Crippen LogP contribution in [0.3, 0.4) is 0 Å². The van der Waals surface area contributed by atoms with Crippen LogP contribution in [-0.4, -0.2) is 9.97 Å². The van der Waals surface area contributed by atoms with Crippen LogP contribution in [0, 0.1) is 6.92 Å². The maximum absolute atomic E-state index is 6.08. The number of pyridine rings is 2. The van der Waals surface area contributed by atoms with E-state index >= 15 is 0 Å². The van der Waals surface area contributed by atoms with Crippen molar-refractivity contribution in [3.63, 3.8) is 0 Å². The molecule has 0 bridgehead atoms. The summed E-state index contributed by atoms with van der Waals surface area (Å²) < 4.78 is 0. The van der Waals surface area contributed by atoms with Gasteiger partial charge in [0.1, 0.15) is 5.15 Å². The summed E-state index contributed by atoms with van der Waals surface area (Å²) in [5.74, 6) is 0. The summed E-state index contributed by atoms with van der Waals surface area (Å²) in [7, 11) is 0. The van der Waals surface area contributed by atoms with Gasteiger partial charge in [0.2, 0.25) is 0 Å². The zero-order valence-electron chi connectivity index (χ0n) is 8.34. The number of aromatic nitrogens is 2. The normalized spacial score (nSPS) is 10.5. The maximum atomic E-state index is 6.08. The van der Waals surface area contributed by atoms with Gasteiger partial charge < -0.3 is 0 Å². The molecule has 0 aliphatic heterocycles. The van der Waals surface area contributed by atoms with Gasteiger partial charge in [-0.15, -0.1) is 0 Å². The Morgan fingerprint density at radius 2 is 1.88 bits per heavy atom. The van der Waals surface area contributed by atoms with Crippen LogP contribution in [0.5, 0.6) is 0 Å². The van der Waals surface area contributed by atoms with E-state index in [1.54, 1.807) is 18.5 Å². The summed E-state index contributed by atoms with van der Waals surface area (Å²) in [6.45, 7) is 1.93. The minimum absolute atomic E-state index is 0.247. The van der Waals surface area contributed by atoms with E-state index in [1.807, 2.05) is 13.0 Å². The number of hydrogen-bond acceptors (Lipinski definition) is 2. The summed E-state index contributed by atoms with van der Waals surface area (Å²) >= 11 is 17.8. The highest BCUT2D eigenvalue weighted by atomic mass is 35.5. The molecule has 0 saturated heterocycles. The molecule has 0 saturated carbocycles. The Balaban J connectivity index is 2.65. The smallest absolute Gasteiger partial charge is 0.148 e. The molecule has 0 radical (unpaired) electrons. The summed E-state index contributed by atoms with van der Waals surface area (Å²) in [6, 6.07) is 3.43. The van der Waals surface area contributed by atoms with Crippen molar-refractivity contribution in [3.05, 3.63) is 45.3 Å². The van der Waals surface area contributed by atoms with E-state index in [-0.39, 0.29) is 5.15 Å². The lowest BCUT2D eigenvalue weighted by atomic mass is 10.1. The van der Waals surface area contributed by atoms with Crippen LogP contribution in [0.1, 0.15) is 5.56 Å². The van der Waals surface area contributed by atoms with Gasteiger partial charge in [-0.1, -0.05) is 34.8 Å². The van der Waals surface area contributed by atoms with Crippen molar-refractivity contribution in [2.45, 2.75) is 6.92 Å². The third kappa shape index (κ3) is 2.14. The lowest BCUT2D eigenvalue weighted by Gasteiger charge is -2.07. The van der Waals surface area contributed by atoms with E-state index in [0.29, 0.717) is 15.7 Å². The van der Waals surface area contributed by atoms with Crippen LogP contribution in [0.4, 0.5) is 0 Å². The largest absolute Gasteiger partial charge is 0.264 e. The monoisotopic (exact) mass is 272 g/mol. The Hall–Kier alpha value is -0.830. The van der Waals surface area contributed by atoms with Crippen LogP contribution in [0.2, 0.25) is 15.2 Å². The third-order valence-corrected chi connectivity index (χ3v) is 3.12. The predicted octanol–water partition coefficient (Wildman–Crippen LogP) is 4.41. The molecule has 0 amide bonds. The number of hydrogen-bond donors (Lipinski definition) is 0. The zero-order chi connectivity index (χ0) is 11.7. The van der Waals surface area contributed by atoms with E-state index in [2.05, 4.69) is 9.97 Å². The lowest BCUT2D eigenvalue weighted by Crippen LogP contribution is -1.90. The number of halogens is 3. The summed E-state index contributed by atoms with van der Waals surface area (Å²) in [4.78, 5) is 8.19. The van der Waals surface area contributed by atoms with Gasteiger partial charge in [-0.25, -0.2) is 4.98 Å². The van der Waals surface area contributed by atoms with E-state index < -0.39 is 0 Å². The second-order valence-electron chi connectivity index (χ2n) is 3.28. The van der Waals surface area contributed by atoms with Crippen molar-refractivity contribution >= 4 is 34.8 Å². The molecule has 5 heteroatoms. The third-order valence-electron chi connectivity index (χ3n) is 2.16. The average Bonchev–Trinajstić information content (AvgIpc) is 2.25.